The highest BCUT2D eigenvalue weighted by Gasteiger charge is 2.28. The first kappa shape index (κ1) is 22.5. The molecule has 5 aromatic rings. The van der Waals surface area contributed by atoms with Crippen LogP contribution < -0.4 is 10.1 Å². The van der Waals surface area contributed by atoms with Gasteiger partial charge < -0.3 is 24.3 Å². The average Bonchev–Trinajstić information content (AvgIpc) is 3.60. The molecule has 1 atom stereocenters. The minimum atomic E-state index is -0.0490. The van der Waals surface area contributed by atoms with Crippen molar-refractivity contribution in [3.8, 4) is 11.5 Å². The molecule has 0 aromatic carbocycles. The van der Waals surface area contributed by atoms with Crippen molar-refractivity contribution in [2.75, 3.05) is 18.5 Å². The van der Waals surface area contributed by atoms with Gasteiger partial charge in [-0.2, -0.15) is 10.1 Å². The summed E-state index contributed by atoms with van der Waals surface area (Å²) in [4.78, 5) is 16.9. The fraction of sp³-hybridized carbons (Fsp3) is 0.385. The molecule has 0 saturated carbocycles. The first-order valence-electron chi connectivity index (χ1n) is 12.1. The molecule has 5 aromatic heterocycles. The van der Waals surface area contributed by atoms with Crippen molar-refractivity contribution in [3.63, 3.8) is 0 Å². The standard InChI is InChI=1S/C26H30N8O2/c1-15-8-16-9-18(12-27-23(16)29-15)36-19-10-20-24(28-13-19)31-25(33(20)5)30-22-11-21(26(2,3)4)34(32-22)17-6-7-35-14-17/h8-13,17H,6-7,14H2,1-5H3,(H,27,29)(H,28,30,31,32)/t17-/m0/s1. The van der Waals surface area contributed by atoms with Crippen LogP contribution in [0, 0.1) is 6.92 Å². The van der Waals surface area contributed by atoms with Gasteiger partial charge in [-0.05, 0) is 25.5 Å². The van der Waals surface area contributed by atoms with Crippen LogP contribution >= 0.6 is 0 Å². The number of aryl methyl sites for hydroxylation is 2. The van der Waals surface area contributed by atoms with Gasteiger partial charge in [0, 0.05) is 48.0 Å². The number of aromatic nitrogens is 7. The normalized spacial score (nSPS) is 16.3. The molecule has 36 heavy (non-hydrogen) atoms. The van der Waals surface area contributed by atoms with Gasteiger partial charge in [-0.3, -0.25) is 4.68 Å². The van der Waals surface area contributed by atoms with Crippen molar-refractivity contribution < 1.29 is 9.47 Å². The molecule has 0 aliphatic carbocycles. The van der Waals surface area contributed by atoms with Crippen LogP contribution in [0.4, 0.5) is 11.8 Å². The third-order valence-electron chi connectivity index (χ3n) is 6.52. The maximum Gasteiger partial charge on any atom is 0.210 e. The Morgan fingerprint density at radius 3 is 2.69 bits per heavy atom. The number of imidazole rings is 1. The number of pyridine rings is 2. The van der Waals surface area contributed by atoms with E-state index in [9.17, 15) is 0 Å². The highest BCUT2D eigenvalue weighted by atomic mass is 16.5. The van der Waals surface area contributed by atoms with Crippen molar-refractivity contribution in [1.82, 2.24) is 34.3 Å². The van der Waals surface area contributed by atoms with Crippen molar-refractivity contribution >= 4 is 34.0 Å². The summed E-state index contributed by atoms with van der Waals surface area (Å²) in [5.74, 6) is 2.68. The maximum absolute atomic E-state index is 6.07. The number of fused-ring (bicyclic) bond motifs is 2. The highest BCUT2D eigenvalue weighted by Crippen LogP contribution is 2.32. The van der Waals surface area contributed by atoms with Crippen LogP contribution in [-0.4, -0.2) is 47.5 Å². The third-order valence-corrected chi connectivity index (χ3v) is 6.52. The van der Waals surface area contributed by atoms with Crippen LogP contribution in [0.1, 0.15) is 44.6 Å². The monoisotopic (exact) mass is 486 g/mol. The summed E-state index contributed by atoms with van der Waals surface area (Å²) < 4.78 is 15.8. The van der Waals surface area contributed by atoms with Gasteiger partial charge in [0.15, 0.2) is 11.5 Å². The Morgan fingerprint density at radius 1 is 1.11 bits per heavy atom. The fourth-order valence-corrected chi connectivity index (χ4v) is 4.67. The molecule has 10 nitrogen and oxygen atoms in total. The molecule has 1 aliphatic heterocycles. The third kappa shape index (κ3) is 4.07. The summed E-state index contributed by atoms with van der Waals surface area (Å²) in [6.45, 7) is 10.1. The van der Waals surface area contributed by atoms with E-state index in [1.165, 1.54) is 0 Å². The van der Waals surface area contributed by atoms with E-state index in [4.69, 9.17) is 19.6 Å². The zero-order valence-corrected chi connectivity index (χ0v) is 21.2. The molecule has 1 fully saturated rings. The van der Waals surface area contributed by atoms with E-state index in [1.807, 2.05) is 36.7 Å². The smallest absolute Gasteiger partial charge is 0.210 e. The molecule has 0 spiro atoms. The van der Waals surface area contributed by atoms with Gasteiger partial charge in [0.2, 0.25) is 5.95 Å². The summed E-state index contributed by atoms with van der Waals surface area (Å²) in [6, 6.07) is 8.29. The van der Waals surface area contributed by atoms with Gasteiger partial charge in [-0.15, -0.1) is 0 Å². The second-order valence-electron chi connectivity index (χ2n) is 10.4. The molecule has 186 valence electrons. The van der Waals surface area contributed by atoms with E-state index in [-0.39, 0.29) is 11.5 Å². The van der Waals surface area contributed by atoms with Crippen LogP contribution in [0.5, 0.6) is 11.5 Å². The molecule has 1 aliphatic rings. The zero-order chi connectivity index (χ0) is 25.0. The largest absolute Gasteiger partial charge is 0.454 e. The zero-order valence-electron chi connectivity index (χ0n) is 21.2. The van der Waals surface area contributed by atoms with E-state index < -0.39 is 0 Å². The van der Waals surface area contributed by atoms with Crippen molar-refractivity contribution in [3.05, 3.63) is 48.0 Å². The van der Waals surface area contributed by atoms with Gasteiger partial charge in [-0.1, -0.05) is 20.8 Å². The number of rotatable bonds is 5. The molecule has 0 bridgehead atoms. The lowest BCUT2D eigenvalue weighted by Gasteiger charge is -2.22. The van der Waals surface area contributed by atoms with E-state index in [1.54, 1.807) is 12.4 Å². The number of ether oxygens (including phenoxy) is 2. The van der Waals surface area contributed by atoms with Crippen LogP contribution in [-0.2, 0) is 17.2 Å². The Hall–Kier alpha value is -3.92. The molecular formula is C26H30N8O2. The lowest BCUT2D eigenvalue weighted by molar-refractivity contribution is 0.183. The maximum atomic E-state index is 6.07. The molecule has 0 radical (unpaired) electrons. The minimum Gasteiger partial charge on any atom is -0.454 e. The SMILES string of the molecule is Cc1cc2cc(Oc3cnc4nc(Nc5cc(C(C)(C)C)n([C@H]6CCOC6)n5)n(C)c4c3)cnc2[nH]1. The van der Waals surface area contributed by atoms with Gasteiger partial charge in [-0.25, -0.2) is 9.97 Å². The number of nitrogens with zero attached hydrogens (tertiary/aromatic N) is 6. The summed E-state index contributed by atoms with van der Waals surface area (Å²) in [7, 11) is 1.95. The fourth-order valence-electron chi connectivity index (χ4n) is 4.67. The first-order valence-corrected chi connectivity index (χ1v) is 12.1. The summed E-state index contributed by atoms with van der Waals surface area (Å²) in [5.41, 5.74) is 4.49. The Morgan fingerprint density at radius 2 is 1.92 bits per heavy atom. The van der Waals surface area contributed by atoms with Crippen LogP contribution in [0.15, 0.2) is 36.7 Å². The molecule has 0 unspecified atom stereocenters. The van der Waals surface area contributed by atoms with Crippen molar-refractivity contribution in [2.24, 2.45) is 7.05 Å². The van der Waals surface area contributed by atoms with Gasteiger partial charge in [0.1, 0.15) is 17.1 Å². The topological polar surface area (TPSA) is 108 Å². The molecule has 1 saturated heterocycles. The predicted molar refractivity (Wildman–Crippen MR) is 138 cm³/mol. The predicted octanol–water partition coefficient (Wildman–Crippen LogP) is 5.14. The number of nitrogens with one attached hydrogen (secondary N) is 2. The van der Waals surface area contributed by atoms with Crippen LogP contribution in [0.25, 0.3) is 22.2 Å². The van der Waals surface area contributed by atoms with E-state index in [0.717, 1.165) is 46.8 Å². The summed E-state index contributed by atoms with van der Waals surface area (Å²) in [6.07, 6.45) is 4.35. The number of hydrogen-bond donors (Lipinski definition) is 2. The average molecular weight is 487 g/mol. The second-order valence-corrected chi connectivity index (χ2v) is 10.4. The first-order chi connectivity index (χ1) is 17.2. The Balaban J connectivity index is 1.28. The Labute approximate surface area is 208 Å². The summed E-state index contributed by atoms with van der Waals surface area (Å²) in [5, 5.41) is 9.28. The van der Waals surface area contributed by atoms with Gasteiger partial charge in [0.25, 0.3) is 0 Å². The van der Waals surface area contributed by atoms with Crippen molar-refractivity contribution in [2.45, 2.75) is 45.6 Å². The lowest BCUT2D eigenvalue weighted by Crippen LogP contribution is -2.22. The number of H-pyrrole nitrogens is 1. The quantitative estimate of drug-likeness (QED) is 0.354. The van der Waals surface area contributed by atoms with E-state index in [2.05, 4.69) is 51.8 Å². The van der Waals surface area contributed by atoms with Gasteiger partial charge >= 0.3 is 0 Å². The summed E-state index contributed by atoms with van der Waals surface area (Å²) >= 11 is 0. The number of hydrogen-bond acceptors (Lipinski definition) is 7. The van der Waals surface area contributed by atoms with E-state index >= 15 is 0 Å². The lowest BCUT2D eigenvalue weighted by atomic mass is 9.91. The van der Waals surface area contributed by atoms with Gasteiger partial charge in [0.05, 0.1) is 30.6 Å². The molecule has 10 heteroatoms. The number of aromatic amines is 1. The van der Waals surface area contributed by atoms with E-state index in [0.29, 0.717) is 29.7 Å². The van der Waals surface area contributed by atoms with Crippen LogP contribution in [0.3, 0.4) is 0 Å². The molecule has 6 heterocycles. The minimum absolute atomic E-state index is 0.0490. The Bertz CT molecular complexity index is 1570. The number of anilines is 2. The van der Waals surface area contributed by atoms with Crippen LogP contribution in [0.2, 0.25) is 0 Å². The van der Waals surface area contributed by atoms with Crippen molar-refractivity contribution in [1.29, 1.82) is 0 Å². The molecular weight excluding hydrogens is 456 g/mol. The molecule has 2 N–H and O–H groups in total. The molecule has 0 amide bonds. The molecule has 6 rings (SSSR count). The second kappa shape index (κ2) is 8.34. The highest BCUT2D eigenvalue weighted by molar-refractivity contribution is 5.79. The Kier molecular flexibility index (Phi) is 5.22.